The van der Waals surface area contributed by atoms with Crippen LogP contribution in [0.4, 0.5) is 5.82 Å². The molecule has 0 bridgehead atoms. The number of methoxy groups -OCH3 is 2. The van der Waals surface area contributed by atoms with E-state index in [-0.39, 0.29) is 11.5 Å². The monoisotopic (exact) mass is 471 g/mol. The van der Waals surface area contributed by atoms with Gasteiger partial charge in [0.25, 0.3) is 11.5 Å². The number of aromatic amines is 1. The van der Waals surface area contributed by atoms with Crippen molar-refractivity contribution in [2.45, 2.75) is 6.92 Å². The van der Waals surface area contributed by atoms with Gasteiger partial charge in [0, 0.05) is 17.7 Å². The number of hydrogen-bond donors (Lipinski definition) is 2. The van der Waals surface area contributed by atoms with E-state index in [1.807, 2.05) is 30.3 Å². The molecule has 0 saturated heterocycles. The van der Waals surface area contributed by atoms with Crippen LogP contribution in [0.1, 0.15) is 16.1 Å². The fraction of sp³-hybridized carbons (Fsp3) is 0.125. The first-order valence-electron chi connectivity index (χ1n) is 10.6. The molecular weight excluding hydrogens is 450 g/mol. The van der Waals surface area contributed by atoms with E-state index in [2.05, 4.69) is 25.5 Å². The predicted octanol–water partition coefficient (Wildman–Crippen LogP) is 2.87. The predicted molar refractivity (Wildman–Crippen MR) is 129 cm³/mol. The number of amides is 1. The molecule has 5 rings (SSSR count). The molecule has 11 heteroatoms. The number of nitrogens with zero attached hydrogens (tertiary/aromatic N) is 5. The molecule has 0 aliphatic heterocycles. The molecule has 0 atom stereocenters. The third-order valence-electron chi connectivity index (χ3n) is 5.31. The topological polar surface area (TPSA) is 129 Å². The molecule has 1 amide bonds. The lowest BCUT2D eigenvalue weighted by atomic mass is 10.2. The molecule has 0 radical (unpaired) electrons. The summed E-state index contributed by atoms with van der Waals surface area (Å²) in [6, 6.07) is 15.9. The highest BCUT2D eigenvalue weighted by Gasteiger charge is 2.18. The van der Waals surface area contributed by atoms with Crippen molar-refractivity contribution < 1.29 is 14.3 Å². The van der Waals surface area contributed by atoms with Crippen LogP contribution in [-0.2, 0) is 0 Å². The standard InChI is InChI=1S/C24H21N7O4/c1-14-9-20(26-22(32)15-10-17(34-2)12-18(11-15)35-3)31(29-14)24-27-21-19(23(33)28-24)13-25-30(21)16-7-5-4-6-8-16/h4-13H,1-3H3,(H,26,32)(H,27,28,33). The van der Waals surface area contributed by atoms with Crippen LogP contribution in [-0.4, -0.2) is 49.7 Å². The van der Waals surface area contributed by atoms with Crippen LogP contribution in [0.3, 0.4) is 0 Å². The van der Waals surface area contributed by atoms with Gasteiger partial charge in [0.1, 0.15) is 22.7 Å². The Morgan fingerprint density at radius 1 is 1.00 bits per heavy atom. The SMILES string of the molecule is COc1cc(OC)cc(C(=O)Nc2cc(C)nn2-c2nc3c(cnn3-c3ccccc3)c(=O)[nH]2)c1. The third-order valence-corrected chi connectivity index (χ3v) is 5.31. The highest BCUT2D eigenvalue weighted by Crippen LogP contribution is 2.24. The zero-order valence-electron chi connectivity index (χ0n) is 19.1. The summed E-state index contributed by atoms with van der Waals surface area (Å²) in [7, 11) is 3.01. The van der Waals surface area contributed by atoms with Crippen LogP contribution in [0.5, 0.6) is 11.5 Å². The first kappa shape index (κ1) is 21.9. The van der Waals surface area contributed by atoms with Gasteiger partial charge in [0.05, 0.1) is 31.8 Å². The van der Waals surface area contributed by atoms with E-state index in [0.717, 1.165) is 5.69 Å². The van der Waals surface area contributed by atoms with Crippen molar-refractivity contribution in [1.82, 2.24) is 29.5 Å². The molecule has 5 aromatic rings. The van der Waals surface area contributed by atoms with Crippen LogP contribution in [0.25, 0.3) is 22.7 Å². The summed E-state index contributed by atoms with van der Waals surface area (Å²) in [5.41, 5.74) is 1.67. The summed E-state index contributed by atoms with van der Waals surface area (Å²) >= 11 is 0. The molecule has 3 heterocycles. The largest absolute Gasteiger partial charge is 0.497 e. The van der Waals surface area contributed by atoms with Gasteiger partial charge in [-0.3, -0.25) is 14.6 Å². The maximum atomic E-state index is 13.1. The van der Waals surface area contributed by atoms with E-state index in [1.165, 1.54) is 25.1 Å². The van der Waals surface area contributed by atoms with Gasteiger partial charge in [-0.2, -0.15) is 19.9 Å². The number of hydrogen-bond acceptors (Lipinski definition) is 7. The van der Waals surface area contributed by atoms with Gasteiger partial charge < -0.3 is 14.8 Å². The summed E-state index contributed by atoms with van der Waals surface area (Å²) in [5, 5.41) is 11.9. The number of anilines is 1. The van der Waals surface area contributed by atoms with Crippen molar-refractivity contribution in [2.75, 3.05) is 19.5 Å². The van der Waals surface area contributed by atoms with Crippen molar-refractivity contribution in [1.29, 1.82) is 0 Å². The number of carbonyl (C=O) groups excluding carboxylic acids is 1. The van der Waals surface area contributed by atoms with Crippen LogP contribution < -0.4 is 20.3 Å². The van der Waals surface area contributed by atoms with Crippen molar-refractivity contribution in [3.63, 3.8) is 0 Å². The lowest BCUT2D eigenvalue weighted by Gasteiger charge is -2.11. The van der Waals surface area contributed by atoms with E-state index in [4.69, 9.17) is 9.47 Å². The quantitative estimate of drug-likeness (QED) is 0.390. The number of fused-ring (bicyclic) bond motifs is 1. The van der Waals surface area contributed by atoms with E-state index in [1.54, 1.807) is 35.9 Å². The molecule has 0 fully saturated rings. The lowest BCUT2D eigenvalue weighted by molar-refractivity contribution is 0.102. The first-order chi connectivity index (χ1) is 17.0. The van der Waals surface area contributed by atoms with Crippen LogP contribution in [0, 0.1) is 6.92 Å². The van der Waals surface area contributed by atoms with Crippen LogP contribution in [0.2, 0.25) is 0 Å². The van der Waals surface area contributed by atoms with E-state index in [9.17, 15) is 9.59 Å². The molecule has 176 valence electrons. The lowest BCUT2D eigenvalue weighted by Crippen LogP contribution is -2.19. The second-order valence-electron chi connectivity index (χ2n) is 7.66. The number of nitrogens with one attached hydrogen (secondary N) is 2. The molecular formula is C24H21N7O4. The summed E-state index contributed by atoms with van der Waals surface area (Å²) < 4.78 is 13.5. The highest BCUT2D eigenvalue weighted by atomic mass is 16.5. The van der Waals surface area contributed by atoms with Crippen molar-refractivity contribution in [3.05, 3.63) is 82.4 Å². The fourth-order valence-electron chi connectivity index (χ4n) is 3.64. The number of H-pyrrole nitrogens is 1. The second-order valence-corrected chi connectivity index (χ2v) is 7.66. The molecule has 0 aliphatic carbocycles. The van der Waals surface area contributed by atoms with E-state index in [0.29, 0.717) is 39.6 Å². The van der Waals surface area contributed by atoms with Gasteiger partial charge in [0.2, 0.25) is 5.95 Å². The van der Waals surface area contributed by atoms with Gasteiger partial charge in [0.15, 0.2) is 5.65 Å². The molecule has 3 aromatic heterocycles. The summed E-state index contributed by atoms with van der Waals surface area (Å²) in [6.45, 7) is 1.77. The van der Waals surface area contributed by atoms with Crippen LogP contribution in [0.15, 0.2) is 65.6 Å². The van der Waals surface area contributed by atoms with E-state index < -0.39 is 5.91 Å². The Labute approximate surface area is 198 Å². The molecule has 0 unspecified atom stereocenters. The number of ether oxygens (including phenoxy) is 2. The first-order valence-corrected chi connectivity index (χ1v) is 10.6. The van der Waals surface area contributed by atoms with Gasteiger partial charge in [-0.25, -0.2) is 4.68 Å². The summed E-state index contributed by atoms with van der Waals surface area (Å²) in [4.78, 5) is 33.2. The average molecular weight is 471 g/mol. The number of rotatable bonds is 6. The summed E-state index contributed by atoms with van der Waals surface area (Å²) in [5.74, 6) is 0.991. The molecule has 2 aromatic carbocycles. The Morgan fingerprint density at radius 2 is 1.71 bits per heavy atom. The number of aromatic nitrogens is 6. The zero-order chi connectivity index (χ0) is 24.5. The van der Waals surface area contributed by atoms with Gasteiger partial charge in [-0.05, 0) is 31.2 Å². The average Bonchev–Trinajstić information content (AvgIpc) is 3.47. The van der Waals surface area contributed by atoms with Crippen molar-refractivity contribution in [2.24, 2.45) is 0 Å². The number of aryl methyl sites for hydroxylation is 1. The Hall–Kier alpha value is -4.93. The Kier molecular flexibility index (Phi) is 5.49. The van der Waals surface area contributed by atoms with Gasteiger partial charge in [-0.1, -0.05) is 18.2 Å². The van der Waals surface area contributed by atoms with Gasteiger partial charge in [-0.15, -0.1) is 0 Å². The van der Waals surface area contributed by atoms with Gasteiger partial charge >= 0.3 is 0 Å². The van der Waals surface area contributed by atoms with Crippen LogP contribution >= 0.6 is 0 Å². The third kappa shape index (κ3) is 4.10. The Balaban J connectivity index is 1.56. The molecule has 11 nitrogen and oxygen atoms in total. The normalized spacial score (nSPS) is 10.9. The Morgan fingerprint density at radius 3 is 2.40 bits per heavy atom. The minimum Gasteiger partial charge on any atom is -0.497 e. The fourth-order valence-corrected chi connectivity index (χ4v) is 3.64. The summed E-state index contributed by atoms with van der Waals surface area (Å²) in [6.07, 6.45) is 1.46. The maximum Gasteiger partial charge on any atom is 0.263 e. The second kappa shape index (κ2) is 8.78. The molecule has 0 spiro atoms. The minimum atomic E-state index is -0.416. The molecule has 2 N–H and O–H groups in total. The maximum absolute atomic E-state index is 13.1. The molecule has 0 saturated carbocycles. The number of para-hydroxylation sites is 1. The smallest absolute Gasteiger partial charge is 0.263 e. The minimum absolute atomic E-state index is 0.131. The zero-order valence-corrected chi connectivity index (χ0v) is 19.1. The van der Waals surface area contributed by atoms with Crippen molar-refractivity contribution in [3.8, 4) is 23.1 Å². The van der Waals surface area contributed by atoms with E-state index >= 15 is 0 Å². The Bertz CT molecular complexity index is 1580. The molecule has 35 heavy (non-hydrogen) atoms. The number of carbonyl (C=O) groups is 1. The number of benzene rings is 2. The highest BCUT2D eigenvalue weighted by molar-refractivity contribution is 6.04. The molecule has 0 aliphatic rings. The van der Waals surface area contributed by atoms with Crippen molar-refractivity contribution >= 4 is 22.8 Å².